The van der Waals surface area contributed by atoms with E-state index in [4.69, 9.17) is 0 Å². The molecule has 0 heterocycles. The van der Waals surface area contributed by atoms with Crippen molar-refractivity contribution in [3.63, 3.8) is 0 Å². The number of hydrogen-bond acceptors (Lipinski definition) is 0. The summed E-state index contributed by atoms with van der Waals surface area (Å²) in [6, 6.07) is 0. The fourth-order valence-electron chi connectivity index (χ4n) is 3.00. The summed E-state index contributed by atoms with van der Waals surface area (Å²) < 4.78 is 0. The standard InChI is InChI=1S/C20H40/c1-5-9-12-13-15-17-19(8-4)20(16-11-7-3)18-14-10-6-2/h5-18H2,1-4H3/b20-19-. The average Bonchev–Trinajstić information content (AvgIpc) is 2.47. The molecule has 0 saturated carbocycles. The van der Waals surface area contributed by atoms with Crippen LogP contribution < -0.4 is 0 Å². The third kappa shape index (κ3) is 10.5. The maximum absolute atomic E-state index is 2.37. The molecular weight excluding hydrogens is 240 g/mol. The predicted octanol–water partition coefficient (Wildman–Crippen LogP) is 7.82. The Hall–Kier alpha value is -0.260. The number of hydrogen-bond donors (Lipinski definition) is 0. The van der Waals surface area contributed by atoms with Crippen molar-refractivity contribution in [2.24, 2.45) is 0 Å². The molecule has 0 aromatic heterocycles. The third-order valence-electron chi connectivity index (χ3n) is 4.42. The molecule has 0 aromatic rings. The van der Waals surface area contributed by atoms with E-state index in [-0.39, 0.29) is 0 Å². The molecule has 0 unspecified atom stereocenters. The Morgan fingerprint density at radius 3 is 1.50 bits per heavy atom. The van der Waals surface area contributed by atoms with Crippen LogP contribution >= 0.6 is 0 Å². The van der Waals surface area contributed by atoms with Crippen molar-refractivity contribution >= 4 is 0 Å². The molecule has 20 heavy (non-hydrogen) atoms. The highest BCUT2D eigenvalue weighted by molar-refractivity contribution is 5.14. The summed E-state index contributed by atoms with van der Waals surface area (Å²) in [6.07, 6.45) is 19.4. The lowest BCUT2D eigenvalue weighted by molar-refractivity contribution is 0.613. The zero-order valence-corrected chi connectivity index (χ0v) is 14.9. The molecule has 0 bridgehead atoms. The van der Waals surface area contributed by atoms with Crippen LogP contribution in [-0.2, 0) is 0 Å². The molecule has 0 aliphatic heterocycles. The summed E-state index contributed by atoms with van der Waals surface area (Å²) in [6.45, 7) is 9.30. The van der Waals surface area contributed by atoms with Gasteiger partial charge in [0.2, 0.25) is 0 Å². The first-order valence-corrected chi connectivity index (χ1v) is 9.49. The molecule has 0 aromatic carbocycles. The van der Waals surface area contributed by atoms with Gasteiger partial charge in [0.1, 0.15) is 0 Å². The minimum atomic E-state index is 1.29. The quantitative estimate of drug-likeness (QED) is 0.225. The molecule has 0 fully saturated rings. The van der Waals surface area contributed by atoms with Crippen molar-refractivity contribution < 1.29 is 0 Å². The second kappa shape index (κ2) is 15.1. The first kappa shape index (κ1) is 19.7. The normalized spacial score (nSPS) is 12.6. The van der Waals surface area contributed by atoms with Gasteiger partial charge in [-0.1, -0.05) is 83.8 Å². The maximum atomic E-state index is 2.37. The van der Waals surface area contributed by atoms with Gasteiger partial charge < -0.3 is 0 Å². The average molecular weight is 281 g/mol. The minimum Gasteiger partial charge on any atom is -0.0713 e. The second-order valence-electron chi connectivity index (χ2n) is 6.29. The van der Waals surface area contributed by atoms with Gasteiger partial charge in [0.25, 0.3) is 0 Å². The molecule has 0 saturated heterocycles. The van der Waals surface area contributed by atoms with Crippen LogP contribution in [0.15, 0.2) is 11.1 Å². The van der Waals surface area contributed by atoms with Gasteiger partial charge in [-0.25, -0.2) is 0 Å². The van der Waals surface area contributed by atoms with E-state index < -0.39 is 0 Å². The van der Waals surface area contributed by atoms with Gasteiger partial charge >= 0.3 is 0 Å². The number of unbranched alkanes of at least 4 members (excludes halogenated alkanes) is 7. The number of allylic oxidation sites excluding steroid dienone is 2. The first-order chi connectivity index (χ1) is 9.79. The van der Waals surface area contributed by atoms with Crippen LogP contribution in [0.25, 0.3) is 0 Å². The Bertz CT molecular complexity index is 224. The van der Waals surface area contributed by atoms with Crippen molar-refractivity contribution in [1.29, 1.82) is 0 Å². The molecule has 0 amide bonds. The molecule has 0 rings (SSSR count). The van der Waals surface area contributed by atoms with Crippen molar-refractivity contribution in [1.82, 2.24) is 0 Å². The molecule has 120 valence electrons. The van der Waals surface area contributed by atoms with Crippen LogP contribution in [0.2, 0.25) is 0 Å². The SMILES string of the molecule is CCCCCCC/C(CC)=C(/CCCC)CCCCC. The van der Waals surface area contributed by atoms with E-state index in [0.29, 0.717) is 0 Å². The van der Waals surface area contributed by atoms with E-state index in [0.717, 1.165) is 0 Å². The summed E-state index contributed by atoms with van der Waals surface area (Å²) in [5, 5.41) is 0. The highest BCUT2D eigenvalue weighted by Crippen LogP contribution is 2.25. The van der Waals surface area contributed by atoms with Gasteiger partial charge in [-0.3, -0.25) is 0 Å². The second-order valence-corrected chi connectivity index (χ2v) is 6.29. The van der Waals surface area contributed by atoms with Crippen molar-refractivity contribution in [3.8, 4) is 0 Å². The van der Waals surface area contributed by atoms with E-state index in [9.17, 15) is 0 Å². The van der Waals surface area contributed by atoms with Crippen molar-refractivity contribution in [3.05, 3.63) is 11.1 Å². The highest BCUT2D eigenvalue weighted by atomic mass is 14.1. The van der Waals surface area contributed by atoms with Gasteiger partial charge in [-0.05, 0) is 44.9 Å². The Kier molecular flexibility index (Phi) is 14.9. The van der Waals surface area contributed by atoms with E-state index in [2.05, 4.69) is 27.7 Å². The summed E-state index contributed by atoms with van der Waals surface area (Å²) in [5.74, 6) is 0. The molecule has 0 spiro atoms. The van der Waals surface area contributed by atoms with Gasteiger partial charge in [0, 0.05) is 0 Å². The molecule has 0 N–H and O–H groups in total. The minimum absolute atomic E-state index is 1.29. The predicted molar refractivity (Wildman–Crippen MR) is 94.4 cm³/mol. The molecule has 0 heteroatoms. The lowest BCUT2D eigenvalue weighted by atomic mass is 9.92. The lowest BCUT2D eigenvalue weighted by Gasteiger charge is -2.15. The van der Waals surface area contributed by atoms with E-state index >= 15 is 0 Å². The smallest absolute Gasteiger partial charge is 0.0318 e. The van der Waals surface area contributed by atoms with Gasteiger partial charge in [-0.15, -0.1) is 0 Å². The Balaban J connectivity index is 4.29. The molecule has 0 aliphatic rings. The first-order valence-electron chi connectivity index (χ1n) is 9.49. The van der Waals surface area contributed by atoms with Crippen LogP contribution in [0, 0.1) is 0 Å². The fraction of sp³-hybridized carbons (Fsp3) is 0.900. The molecular formula is C20H40. The van der Waals surface area contributed by atoms with E-state index in [1.807, 2.05) is 11.1 Å². The van der Waals surface area contributed by atoms with Crippen LogP contribution in [0.3, 0.4) is 0 Å². The van der Waals surface area contributed by atoms with Gasteiger partial charge in [0.05, 0.1) is 0 Å². The highest BCUT2D eigenvalue weighted by Gasteiger charge is 2.05. The summed E-state index contributed by atoms with van der Waals surface area (Å²) in [4.78, 5) is 0. The molecule has 0 aliphatic carbocycles. The van der Waals surface area contributed by atoms with Gasteiger partial charge in [-0.2, -0.15) is 0 Å². The maximum Gasteiger partial charge on any atom is -0.0318 e. The van der Waals surface area contributed by atoms with Gasteiger partial charge in [0.15, 0.2) is 0 Å². The third-order valence-corrected chi connectivity index (χ3v) is 4.42. The van der Waals surface area contributed by atoms with Crippen LogP contribution in [-0.4, -0.2) is 0 Å². The monoisotopic (exact) mass is 280 g/mol. The van der Waals surface area contributed by atoms with Crippen LogP contribution in [0.5, 0.6) is 0 Å². The van der Waals surface area contributed by atoms with E-state index in [1.54, 1.807) is 0 Å². The fourth-order valence-corrected chi connectivity index (χ4v) is 3.00. The molecule has 0 radical (unpaired) electrons. The Labute approximate surface area is 129 Å². The topological polar surface area (TPSA) is 0 Å². The Morgan fingerprint density at radius 2 is 0.900 bits per heavy atom. The largest absolute Gasteiger partial charge is 0.0713 e. The molecule has 0 nitrogen and oxygen atoms in total. The Morgan fingerprint density at radius 1 is 0.450 bits per heavy atom. The van der Waals surface area contributed by atoms with Crippen LogP contribution in [0.1, 0.15) is 118 Å². The van der Waals surface area contributed by atoms with Crippen LogP contribution in [0.4, 0.5) is 0 Å². The zero-order valence-electron chi connectivity index (χ0n) is 14.9. The van der Waals surface area contributed by atoms with Crippen molar-refractivity contribution in [2.45, 2.75) is 118 Å². The summed E-state index contributed by atoms with van der Waals surface area (Å²) in [7, 11) is 0. The van der Waals surface area contributed by atoms with Crippen molar-refractivity contribution in [2.75, 3.05) is 0 Å². The lowest BCUT2D eigenvalue weighted by Crippen LogP contribution is -1.95. The summed E-state index contributed by atoms with van der Waals surface area (Å²) >= 11 is 0. The zero-order chi connectivity index (χ0) is 15.1. The summed E-state index contributed by atoms with van der Waals surface area (Å²) in [5.41, 5.74) is 3.64. The number of rotatable bonds is 14. The molecule has 0 atom stereocenters. The van der Waals surface area contributed by atoms with E-state index in [1.165, 1.54) is 89.9 Å².